The Hall–Kier alpha value is -2.35. The molecule has 2 aromatic heterocycles. The minimum atomic E-state index is 0.735. The Kier molecular flexibility index (Phi) is 6.18. The molecule has 0 bridgehead atoms. The van der Waals surface area contributed by atoms with Gasteiger partial charge in [0.15, 0.2) is 12.5 Å². The second kappa shape index (κ2) is 8.98. The fourth-order valence-corrected chi connectivity index (χ4v) is 4.21. The van der Waals surface area contributed by atoms with Crippen LogP contribution in [-0.2, 0) is 24.2 Å². The van der Waals surface area contributed by atoms with E-state index in [4.69, 9.17) is 22.1 Å². The molecule has 1 aliphatic heterocycles. The predicted molar refractivity (Wildman–Crippen MR) is 116 cm³/mol. The average Bonchev–Trinajstić information content (AvgIpc) is 3.10. The molecular weight excluding hydrogens is 382 g/mol. The molecule has 0 amide bonds. The summed E-state index contributed by atoms with van der Waals surface area (Å²) < 4.78 is 10.4. The molecule has 0 spiro atoms. The number of ether oxygens (including phenoxy) is 1. The maximum Gasteiger partial charge on any atom is 0.207 e. The van der Waals surface area contributed by atoms with Crippen molar-refractivity contribution >= 4 is 12.2 Å². The van der Waals surface area contributed by atoms with Crippen molar-refractivity contribution in [3.8, 4) is 17.1 Å². The Morgan fingerprint density at radius 2 is 1.79 bits per heavy atom. The van der Waals surface area contributed by atoms with Crippen LogP contribution in [0.3, 0.4) is 0 Å². The predicted octanol–water partition coefficient (Wildman–Crippen LogP) is 2.46. The van der Waals surface area contributed by atoms with Crippen molar-refractivity contribution in [3.05, 3.63) is 58.6 Å². The number of pyridine rings is 1. The van der Waals surface area contributed by atoms with E-state index in [2.05, 4.69) is 41.6 Å². The molecule has 0 atom stereocenters. The van der Waals surface area contributed by atoms with Crippen molar-refractivity contribution in [3.63, 3.8) is 0 Å². The van der Waals surface area contributed by atoms with Crippen molar-refractivity contribution in [1.82, 2.24) is 19.3 Å². The SMILES string of the molecule is CCc1cccc(CC)c1-n1c(-c2cccnc2)nn(C[NH+]2CCOCC2)c1=S. The van der Waals surface area contributed by atoms with Crippen LogP contribution in [0.25, 0.3) is 17.1 Å². The summed E-state index contributed by atoms with van der Waals surface area (Å²) in [6, 6.07) is 10.5. The number of nitrogens with zero attached hydrogens (tertiary/aromatic N) is 4. The van der Waals surface area contributed by atoms with Gasteiger partial charge in [-0.15, -0.1) is 5.10 Å². The molecule has 1 aliphatic rings. The quantitative estimate of drug-likeness (QED) is 0.635. The molecule has 6 nitrogen and oxygen atoms in total. The second-order valence-electron chi connectivity index (χ2n) is 7.34. The molecule has 152 valence electrons. The van der Waals surface area contributed by atoms with Gasteiger partial charge in [0.2, 0.25) is 4.77 Å². The van der Waals surface area contributed by atoms with E-state index in [0.29, 0.717) is 0 Å². The first-order valence-electron chi connectivity index (χ1n) is 10.4. The average molecular weight is 411 g/mol. The van der Waals surface area contributed by atoms with Gasteiger partial charge in [0, 0.05) is 18.0 Å². The first kappa shape index (κ1) is 19.9. The number of hydrogen-bond donors (Lipinski definition) is 1. The van der Waals surface area contributed by atoms with Crippen LogP contribution in [0, 0.1) is 4.77 Å². The molecule has 4 rings (SSSR count). The highest BCUT2D eigenvalue weighted by molar-refractivity contribution is 7.71. The Bertz CT molecular complexity index is 999. The number of benzene rings is 1. The van der Waals surface area contributed by atoms with Crippen molar-refractivity contribution in [2.24, 2.45) is 0 Å². The monoisotopic (exact) mass is 410 g/mol. The molecule has 29 heavy (non-hydrogen) atoms. The summed E-state index contributed by atoms with van der Waals surface area (Å²) in [5.41, 5.74) is 4.71. The number of quaternary nitrogens is 1. The summed E-state index contributed by atoms with van der Waals surface area (Å²) in [5, 5.41) is 4.98. The van der Waals surface area contributed by atoms with Gasteiger partial charge in [-0.3, -0.25) is 9.55 Å². The topological polar surface area (TPSA) is 49.3 Å². The van der Waals surface area contributed by atoms with Gasteiger partial charge in [0.25, 0.3) is 0 Å². The largest absolute Gasteiger partial charge is 0.370 e. The molecule has 7 heteroatoms. The second-order valence-corrected chi connectivity index (χ2v) is 7.70. The molecule has 1 saturated heterocycles. The van der Waals surface area contributed by atoms with Crippen LogP contribution in [0.5, 0.6) is 0 Å². The van der Waals surface area contributed by atoms with E-state index in [1.807, 2.05) is 23.0 Å². The fraction of sp³-hybridized carbons (Fsp3) is 0.409. The zero-order valence-corrected chi connectivity index (χ0v) is 17.9. The van der Waals surface area contributed by atoms with Crippen LogP contribution >= 0.6 is 12.2 Å². The first-order valence-corrected chi connectivity index (χ1v) is 10.8. The lowest BCUT2D eigenvalue weighted by molar-refractivity contribution is -0.930. The lowest BCUT2D eigenvalue weighted by Gasteiger charge is -2.23. The Morgan fingerprint density at radius 1 is 1.07 bits per heavy atom. The van der Waals surface area contributed by atoms with E-state index >= 15 is 0 Å². The maximum absolute atomic E-state index is 5.98. The molecule has 3 heterocycles. The third-order valence-electron chi connectivity index (χ3n) is 5.52. The first-order chi connectivity index (χ1) is 14.2. The normalized spacial score (nSPS) is 15.0. The van der Waals surface area contributed by atoms with E-state index in [9.17, 15) is 0 Å². The van der Waals surface area contributed by atoms with Gasteiger partial charge in [-0.2, -0.15) is 4.68 Å². The van der Waals surface area contributed by atoms with Gasteiger partial charge in [-0.25, -0.2) is 0 Å². The third-order valence-corrected chi connectivity index (χ3v) is 5.91. The minimum absolute atomic E-state index is 0.735. The van der Waals surface area contributed by atoms with Crippen molar-refractivity contribution in [1.29, 1.82) is 0 Å². The van der Waals surface area contributed by atoms with E-state index in [1.54, 1.807) is 6.20 Å². The fourth-order valence-electron chi connectivity index (χ4n) is 3.93. The highest BCUT2D eigenvalue weighted by Gasteiger charge is 2.22. The summed E-state index contributed by atoms with van der Waals surface area (Å²) in [6.07, 6.45) is 5.53. The number of para-hydroxylation sites is 1. The highest BCUT2D eigenvalue weighted by atomic mass is 32.1. The van der Waals surface area contributed by atoms with Crippen LogP contribution in [0.1, 0.15) is 25.0 Å². The van der Waals surface area contributed by atoms with Crippen molar-refractivity contribution < 1.29 is 9.64 Å². The Labute approximate surface area is 176 Å². The van der Waals surface area contributed by atoms with Crippen LogP contribution in [-0.4, -0.2) is 45.6 Å². The number of nitrogens with one attached hydrogen (secondary N) is 1. The number of morpholine rings is 1. The number of aryl methyl sites for hydroxylation is 2. The molecule has 1 N–H and O–H groups in total. The summed E-state index contributed by atoms with van der Waals surface area (Å²) in [6.45, 7) is 8.65. The van der Waals surface area contributed by atoms with Crippen molar-refractivity contribution in [2.45, 2.75) is 33.4 Å². The zero-order valence-electron chi connectivity index (χ0n) is 17.1. The third kappa shape index (κ3) is 4.03. The smallest absolute Gasteiger partial charge is 0.207 e. The minimum Gasteiger partial charge on any atom is -0.370 e. The van der Waals surface area contributed by atoms with Crippen LogP contribution in [0.4, 0.5) is 0 Å². The molecular formula is C22H28N5OS+. The molecule has 1 aromatic carbocycles. The molecule has 0 unspecified atom stereocenters. The maximum atomic E-state index is 5.98. The van der Waals surface area contributed by atoms with Crippen LogP contribution < -0.4 is 4.90 Å². The summed E-state index contributed by atoms with van der Waals surface area (Å²) in [7, 11) is 0. The molecule has 3 aromatic rings. The number of hydrogen-bond acceptors (Lipinski definition) is 4. The van der Waals surface area contributed by atoms with Gasteiger partial charge in [-0.05, 0) is 48.3 Å². The molecule has 0 saturated carbocycles. The number of aromatic nitrogens is 4. The van der Waals surface area contributed by atoms with E-state index in [1.165, 1.54) is 21.7 Å². The standard InChI is InChI=1S/C22H27N5OS/c1-3-17-7-5-8-18(4-2)20(17)27-21(19-9-6-10-23-15-19)24-26(22(27)29)16-25-11-13-28-14-12-25/h5-10,15H,3-4,11-14,16H2,1-2H3/p+1. The van der Waals surface area contributed by atoms with E-state index < -0.39 is 0 Å². The molecule has 0 aliphatic carbocycles. The van der Waals surface area contributed by atoms with E-state index in [0.717, 1.165) is 62.0 Å². The van der Waals surface area contributed by atoms with Gasteiger partial charge in [0.1, 0.15) is 13.1 Å². The molecule has 0 radical (unpaired) electrons. The van der Waals surface area contributed by atoms with Gasteiger partial charge >= 0.3 is 0 Å². The zero-order chi connectivity index (χ0) is 20.2. The van der Waals surface area contributed by atoms with Crippen molar-refractivity contribution in [2.75, 3.05) is 26.3 Å². The van der Waals surface area contributed by atoms with Crippen LogP contribution in [0.15, 0.2) is 42.7 Å². The Morgan fingerprint density at radius 3 is 2.41 bits per heavy atom. The lowest BCUT2D eigenvalue weighted by atomic mass is 10.0. The van der Waals surface area contributed by atoms with Gasteiger partial charge < -0.3 is 9.64 Å². The lowest BCUT2D eigenvalue weighted by Crippen LogP contribution is -3.13. The Balaban J connectivity index is 1.90. The number of rotatable bonds is 6. The summed E-state index contributed by atoms with van der Waals surface area (Å²) >= 11 is 5.98. The van der Waals surface area contributed by atoms with Crippen LogP contribution in [0.2, 0.25) is 0 Å². The van der Waals surface area contributed by atoms with Gasteiger partial charge in [0.05, 0.1) is 18.9 Å². The van der Waals surface area contributed by atoms with Gasteiger partial charge in [-0.1, -0.05) is 32.0 Å². The summed E-state index contributed by atoms with van der Waals surface area (Å²) in [5.74, 6) is 0.853. The van der Waals surface area contributed by atoms with E-state index in [-0.39, 0.29) is 0 Å². The summed E-state index contributed by atoms with van der Waals surface area (Å²) in [4.78, 5) is 5.76. The highest BCUT2D eigenvalue weighted by Crippen LogP contribution is 2.28. The molecule has 1 fully saturated rings.